The van der Waals surface area contributed by atoms with E-state index in [-0.39, 0.29) is 24.2 Å². The van der Waals surface area contributed by atoms with Crippen LogP contribution in [0.1, 0.15) is 11.1 Å². The normalized spacial score (nSPS) is 14.8. The number of carbonyl (C=O) groups is 2. The summed E-state index contributed by atoms with van der Waals surface area (Å²) in [6.07, 6.45) is 0.409. The van der Waals surface area contributed by atoms with Gasteiger partial charge in [-0.15, -0.1) is 0 Å². The molecule has 0 saturated carbocycles. The summed E-state index contributed by atoms with van der Waals surface area (Å²) >= 11 is 0. The largest absolute Gasteiger partial charge is 0.340 e. The first-order valence-electron chi connectivity index (χ1n) is 9.11. The van der Waals surface area contributed by atoms with Gasteiger partial charge < -0.3 is 10.2 Å². The summed E-state index contributed by atoms with van der Waals surface area (Å²) in [5.74, 6) is -0.443. The molecule has 0 unspecified atom stereocenters. The van der Waals surface area contributed by atoms with Crippen LogP contribution in [0.3, 0.4) is 0 Å². The highest BCUT2D eigenvalue weighted by molar-refractivity contribution is 5.92. The highest BCUT2D eigenvalue weighted by Crippen LogP contribution is 2.12. The Morgan fingerprint density at radius 3 is 2.48 bits per heavy atom. The molecule has 1 fully saturated rings. The molecule has 0 atom stereocenters. The molecule has 1 heterocycles. The van der Waals surface area contributed by atoms with Crippen LogP contribution in [0.5, 0.6) is 0 Å². The number of nitrogens with zero attached hydrogens (tertiary/aromatic N) is 2. The monoisotopic (exact) mass is 369 g/mol. The van der Waals surface area contributed by atoms with E-state index in [2.05, 4.69) is 5.32 Å². The molecule has 0 aliphatic carbocycles. The van der Waals surface area contributed by atoms with Gasteiger partial charge in [0.05, 0.1) is 13.0 Å². The van der Waals surface area contributed by atoms with Crippen LogP contribution < -0.4 is 5.32 Å². The van der Waals surface area contributed by atoms with Gasteiger partial charge in [-0.2, -0.15) is 0 Å². The number of piperazine rings is 1. The van der Waals surface area contributed by atoms with Crippen LogP contribution >= 0.6 is 0 Å². The first kappa shape index (κ1) is 19.0. The van der Waals surface area contributed by atoms with Gasteiger partial charge in [0.15, 0.2) is 0 Å². The van der Waals surface area contributed by atoms with Gasteiger partial charge in [-0.1, -0.05) is 30.3 Å². The van der Waals surface area contributed by atoms with Crippen LogP contribution in [-0.2, 0) is 16.0 Å². The molecule has 5 nitrogen and oxygen atoms in total. The van der Waals surface area contributed by atoms with E-state index in [1.54, 1.807) is 12.1 Å². The molecule has 0 radical (unpaired) electrons. The van der Waals surface area contributed by atoms with E-state index in [1.165, 1.54) is 12.1 Å². The zero-order valence-electron chi connectivity index (χ0n) is 15.5. The molecule has 1 saturated heterocycles. The van der Waals surface area contributed by atoms with E-state index < -0.39 is 0 Å². The third kappa shape index (κ3) is 5.37. The Balaban J connectivity index is 1.45. The number of halogens is 1. The predicted octanol–water partition coefficient (Wildman–Crippen LogP) is 2.46. The summed E-state index contributed by atoms with van der Waals surface area (Å²) in [7, 11) is 0. The number of benzene rings is 2. The molecule has 142 valence electrons. The standard InChI is InChI=1S/C21H24FN3O2/c1-16-5-2-3-6-17(16)13-21(27)25-11-9-24(10-12-25)15-20(26)23-19-8-4-7-18(22)14-19/h2-8,14H,9-13,15H2,1H3,(H,23,26). The molecule has 1 aliphatic rings. The lowest BCUT2D eigenvalue weighted by molar-refractivity contribution is -0.132. The van der Waals surface area contributed by atoms with Gasteiger partial charge >= 0.3 is 0 Å². The number of carbonyl (C=O) groups excluding carboxylic acids is 2. The van der Waals surface area contributed by atoms with Gasteiger partial charge in [-0.25, -0.2) is 4.39 Å². The molecule has 1 N–H and O–H groups in total. The molecular formula is C21H24FN3O2. The lowest BCUT2D eigenvalue weighted by atomic mass is 10.1. The molecule has 2 aromatic rings. The third-order valence-corrected chi connectivity index (χ3v) is 4.80. The smallest absolute Gasteiger partial charge is 0.238 e. The molecule has 2 amide bonds. The van der Waals surface area contributed by atoms with Crippen molar-refractivity contribution in [3.8, 4) is 0 Å². The first-order chi connectivity index (χ1) is 13.0. The van der Waals surface area contributed by atoms with Crippen LogP contribution in [-0.4, -0.2) is 54.3 Å². The summed E-state index contributed by atoms with van der Waals surface area (Å²) < 4.78 is 13.2. The second kappa shape index (κ2) is 8.77. The van der Waals surface area contributed by atoms with E-state index in [0.29, 0.717) is 38.3 Å². The summed E-state index contributed by atoms with van der Waals surface area (Å²) in [6.45, 7) is 4.76. The highest BCUT2D eigenvalue weighted by Gasteiger charge is 2.22. The van der Waals surface area contributed by atoms with Crippen molar-refractivity contribution in [1.29, 1.82) is 0 Å². The average molecular weight is 369 g/mol. The number of hydrogen-bond donors (Lipinski definition) is 1. The molecule has 0 spiro atoms. The van der Waals surface area contributed by atoms with Crippen LogP contribution in [0.4, 0.5) is 10.1 Å². The van der Waals surface area contributed by atoms with E-state index in [1.807, 2.05) is 41.0 Å². The minimum absolute atomic E-state index is 0.119. The van der Waals surface area contributed by atoms with Crippen molar-refractivity contribution >= 4 is 17.5 Å². The minimum atomic E-state index is -0.381. The Morgan fingerprint density at radius 1 is 1.04 bits per heavy atom. The molecule has 6 heteroatoms. The van der Waals surface area contributed by atoms with Crippen molar-refractivity contribution in [2.24, 2.45) is 0 Å². The van der Waals surface area contributed by atoms with Crippen LogP contribution in [0.2, 0.25) is 0 Å². The fraction of sp³-hybridized carbons (Fsp3) is 0.333. The summed E-state index contributed by atoms with van der Waals surface area (Å²) in [4.78, 5) is 28.5. The maximum atomic E-state index is 13.2. The maximum Gasteiger partial charge on any atom is 0.238 e. The predicted molar refractivity (Wildman–Crippen MR) is 103 cm³/mol. The topological polar surface area (TPSA) is 52.7 Å². The van der Waals surface area contributed by atoms with Crippen LogP contribution in [0.15, 0.2) is 48.5 Å². The van der Waals surface area contributed by atoms with E-state index in [9.17, 15) is 14.0 Å². The van der Waals surface area contributed by atoms with E-state index in [0.717, 1.165) is 11.1 Å². The zero-order valence-corrected chi connectivity index (χ0v) is 15.5. The Kier molecular flexibility index (Phi) is 6.19. The SMILES string of the molecule is Cc1ccccc1CC(=O)N1CCN(CC(=O)Nc2cccc(F)c2)CC1. The molecule has 0 bridgehead atoms. The second-order valence-electron chi connectivity index (χ2n) is 6.82. The minimum Gasteiger partial charge on any atom is -0.340 e. The molecule has 2 aromatic carbocycles. The molecule has 0 aromatic heterocycles. The van der Waals surface area contributed by atoms with Crippen molar-refractivity contribution in [3.05, 3.63) is 65.5 Å². The van der Waals surface area contributed by atoms with Crippen molar-refractivity contribution in [1.82, 2.24) is 9.80 Å². The van der Waals surface area contributed by atoms with Crippen molar-refractivity contribution in [2.45, 2.75) is 13.3 Å². The quantitative estimate of drug-likeness (QED) is 0.881. The van der Waals surface area contributed by atoms with Gasteiger partial charge in [0.25, 0.3) is 0 Å². The van der Waals surface area contributed by atoms with Gasteiger partial charge in [-0.3, -0.25) is 14.5 Å². The van der Waals surface area contributed by atoms with Gasteiger partial charge in [0.2, 0.25) is 11.8 Å². The lowest BCUT2D eigenvalue weighted by Crippen LogP contribution is -2.50. The maximum absolute atomic E-state index is 13.2. The molecule has 27 heavy (non-hydrogen) atoms. The zero-order chi connectivity index (χ0) is 19.2. The Bertz CT molecular complexity index is 817. The molecule has 1 aliphatic heterocycles. The number of aryl methyl sites for hydroxylation is 1. The molecular weight excluding hydrogens is 345 g/mol. The van der Waals surface area contributed by atoms with Gasteiger partial charge in [0, 0.05) is 31.9 Å². The Labute approximate surface area is 158 Å². The number of hydrogen-bond acceptors (Lipinski definition) is 3. The summed E-state index contributed by atoms with van der Waals surface area (Å²) in [5.41, 5.74) is 2.63. The van der Waals surface area contributed by atoms with Crippen LogP contribution in [0, 0.1) is 12.7 Å². The second-order valence-corrected chi connectivity index (χ2v) is 6.82. The Hall–Kier alpha value is -2.73. The number of nitrogens with one attached hydrogen (secondary N) is 1. The summed E-state index contributed by atoms with van der Waals surface area (Å²) in [6, 6.07) is 13.8. The Morgan fingerprint density at radius 2 is 1.78 bits per heavy atom. The van der Waals surface area contributed by atoms with E-state index >= 15 is 0 Å². The fourth-order valence-corrected chi connectivity index (χ4v) is 3.21. The third-order valence-electron chi connectivity index (χ3n) is 4.80. The van der Waals surface area contributed by atoms with Crippen LogP contribution in [0.25, 0.3) is 0 Å². The number of rotatable bonds is 5. The van der Waals surface area contributed by atoms with Crippen molar-refractivity contribution < 1.29 is 14.0 Å². The molecule has 3 rings (SSSR count). The number of amides is 2. The fourth-order valence-electron chi connectivity index (χ4n) is 3.21. The van der Waals surface area contributed by atoms with Gasteiger partial charge in [0.1, 0.15) is 5.82 Å². The number of anilines is 1. The van der Waals surface area contributed by atoms with Crippen molar-refractivity contribution in [3.63, 3.8) is 0 Å². The summed E-state index contributed by atoms with van der Waals surface area (Å²) in [5, 5.41) is 2.70. The average Bonchev–Trinajstić information content (AvgIpc) is 2.64. The van der Waals surface area contributed by atoms with Crippen molar-refractivity contribution in [2.75, 3.05) is 38.0 Å². The first-order valence-corrected chi connectivity index (χ1v) is 9.11. The highest BCUT2D eigenvalue weighted by atomic mass is 19.1. The van der Waals surface area contributed by atoms with E-state index in [4.69, 9.17) is 0 Å². The lowest BCUT2D eigenvalue weighted by Gasteiger charge is -2.34. The van der Waals surface area contributed by atoms with Gasteiger partial charge in [-0.05, 0) is 36.2 Å².